The van der Waals surface area contributed by atoms with Crippen LogP contribution in [0.15, 0.2) is 27.7 Å². The molecule has 0 spiro atoms. The number of nitrogens with one attached hydrogen (secondary N) is 1. The molecule has 0 radical (unpaired) electrons. The smallest absolute Gasteiger partial charge is 0.335 e. The zero-order chi connectivity index (χ0) is 15.0. The van der Waals surface area contributed by atoms with Crippen molar-refractivity contribution < 1.29 is 13.2 Å². The van der Waals surface area contributed by atoms with E-state index in [9.17, 15) is 13.2 Å². The van der Waals surface area contributed by atoms with Crippen LogP contribution in [0, 0.1) is 5.92 Å². The highest BCUT2D eigenvalue weighted by molar-refractivity contribution is 9.10. The number of hydrogen-bond acceptors (Lipinski definition) is 3. The molecule has 21 heavy (non-hydrogen) atoms. The van der Waals surface area contributed by atoms with Crippen molar-refractivity contribution in [1.82, 2.24) is 0 Å². The number of nitrogens with zero attached hydrogens (tertiary/aromatic N) is 1. The number of aliphatic imine (C=N–C) groups is 1. The highest BCUT2D eigenvalue weighted by Gasteiger charge is 2.32. The molecule has 0 saturated heterocycles. The number of benzene rings is 1. The predicted molar refractivity (Wildman–Crippen MR) is 83.8 cm³/mol. The number of hydrogen-bond donors (Lipinski definition) is 1. The van der Waals surface area contributed by atoms with Gasteiger partial charge in [-0.2, -0.15) is 13.2 Å². The van der Waals surface area contributed by atoms with E-state index in [1.807, 2.05) is 0 Å². The molecule has 1 aliphatic carbocycles. The molecule has 7 heteroatoms. The monoisotopic (exact) mass is 378 g/mol. The number of anilines is 1. The summed E-state index contributed by atoms with van der Waals surface area (Å²) in [6.07, 6.45) is -0.855. The highest BCUT2D eigenvalue weighted by atomic mass is 79.9. The van der Waals surface area contributed by atoms with Gasteiger partial charge in [0.05, 0.1) is 11.6 Å². The summed E-state index contributed by atoms with van der Waals surface area (Å²) in [5.41, 5.74) is -0.251. The number of thioether (sulfide) groups is 1. The minimum absolute atomic E-state index is 0.336. The molecule has 0 bridgehead atoms. The quantitative estimate of drug-likeness (QED) is 0.730. The molecule has 3 rings (SSSR count). The maximum Gasteiger partial charge on any atom is 0.416 e. The number of halogens is 4. The first kappa shape index (κ1) is 15.2. The first-order chi connectivity index (χ1) is 9.91. The van der Waals surface area contributed by atoms with Crippen molar-refractivity contribution in [2.24, 2.45) is 10.9 Å². The molecule has 1 N–H and O–H groups in total. The Labute approximate surface area is 133 Å². The maximum absolute atomic E-state index is 12.8. The molecular formula is C14H14BrF3N2S. The van der Waals surface area contributed by atoms with E-state index in [2.05, 4.69) is 26.2 Å². The lowest BCUT2D eigenvalue weighted by Gasteiger charge is -2.23. The van der Waals surface area contributed by atoms with Crippen LogP contribution in [0.2, 0.25) is 0 Å². The summed E-state index contributed by atoms with van der Waals surface area (Å²) in [7, 11) is 0. The van der Waals surface area contributed by atoms with Crippen LogP contribution in [0.25, 0.3) is 0 Å². The minimum Gasteiger partial charge on any atom is -0.335 e. The second kappa shape index (κ2) is 5.83. The van der Waals surface area contributed by atoms with Crippen molar-refractivity contribution in [2.75, 3.05) is 11.1 Å². The first-order valence-electron chi connectivity index (χ1n) is 6.77. The van der Waals surface area contributed by atoms with Crippen molar-refractivity contribution in [3.63, 3.8) is 0 Å². The third-order valence-corrected chi connectivity index (χ3v) is 5.35. The molecule has 2 unspecified atom stereocenters. The number of amidine groups is 1. The van der Waals surface area contributed by atoms with Crippen LogP contribution in [-0.4, -0.2) is 17.0 Å². The van der Waals surface area contributed by atoms with E-state index in [0.717, 1.165) is 29.5 Å². The van der Waals surface area contributed by atoms with E-state index in [1.165, 1.54) is 12.8 Å². The second-order valence-corrected chi connectivity index (χ2v) is 7.28. The normalized spacial score (nSPS) is 25.4. The van der Waals surface area contributed by atoms with E-state index in [1.54, 1.807) is 17.8 Å². The SMILES string of the molecule is FC(F)(F)c1cc(Br)cc(NC2=NC3CCCC3CS2)c1. The molecule has 1 fully saturated rings. The van der Waals surface area contributed by atoms with Crippen LogP contribution in [-0.2, 0) is 6.18 Å². The Balaban J connectivity index is 1.80. The predicted octanol–water partition coefficient (Wildman–Crippen LogP) is 5.15. The third-order valence-electron chi connectivity index (χ3n) is 3.81. The Kier molecular flexibility index (Phi) is 4.23. The molecule has 2 nitrogen and oxygen atoms in total. The number of rotatable bonds is 1. The summed E-state index contributed by atoms with van der Waals surface area (Å²) in [4.78, 5) is 4.63. The molecule has 1 heterocycles. The number of alkyl halides is 3. The first-order valence-corrected chi connectivity index (χ1v) is 8.55. The number of fused-ring (bicyclic) bond motifs is 1. The van der Waals surface area contributed by atoms with Crippen LogP contribution in [0.5, 0.6) is 0 Å². The maximum atomic E-state index is 12.8. The van der Waals surface area contributed by atoms with E-state index in [4.69, 9.17) is 0 Å². The molecular weight excluding hydrogens is 365 g/mol. The summed E-state index contributed by atoms with van der Waals surface area (Å²) in [6.45, 7) is 0. The Bertz CT molecular complexity index is 574. The fourth-order valence-corrected chi connectivity index (χ4v) is 4.43. The van der Waals surface area contributed by atoms with Gasteiger partial charge in [0.2, 0.25) is 0 Å². The van der Waals surface area contributed by atoms with E-state index >= 15 is 0 Å². The van der Waals surface area contributed by atoms with Crippen molar-refractivity contribution in [3.8, 4) is 0 Å². The zero-order valence-electron chi connectivity index (χ0n) is 11.1. The van der Waals surface area contributed by atoms with Gasteiger partial charge >= 0.3 is 6.18 Å². The summed E-state index contributed by atoms with van der Waals surface area (Å²) in [5, 5.41) is 3.76. The zero-order valence-corrected chi connectivity index (χ0v) is 13.5. The Morgan fingerprint density at radius 1 is 1.24 bits per heavy atom. The second-order valence-electron chi connectivity index (χ2n) is 5.35. The van der Waals surface area contributed by atoms with Crippen LogP contribution in [0.3, 0.4) is 0 Å². The van der Waals surface area contributed by atoms with Gasteiger partial charge in [-0.15, -0.1) is 0 Å². The molecule has 114 valence electrons. The van der Waals surface area contributed by atoms with Crippen LogP contribution in [0.1, 0.15) is 24.8 Å². The molecule has 1 aromatic rings. The van der Waals surface area contributed by atoms with E-state index in [-0.39, 0.29) is 0 Å². The molecule has 0 amide bonds. The Hall–Kier alpha value is -0.690. The van der Waals surface area contributed by atoms with Crippen LogP contribution >= 0.6 is 27.7 Å². The van der Waals surface area contributed by atoms with Crippen LogP contribution in [0.4, 0.5) is 18.9 Å². The topological polar surface area (TPSA) is 24.4 Å². The summed E-state index contributed by atoms with van der Waals surface area (Å²) in [6, 6.07) is 4.17. The molecule has 1 aromatic carbocycles. The molecule has 2 atom stereocenters. The van der Waals surface area contributed by atoms with Gasteiger partial charge in [0.25, 0.3) is 0 Å². The summed E-state index contributed by atoms with van der Waals surface area (Å²) in [5.74, 6) is 1.63. The fraction of sp³-hybridized carbons (Fsp3) is 0.500. The average molecular weight is 379 g/mol. The molecule has 1 saturated carbocycles. The lowest BCUT2D eigenvalue weighted by atomic mass is 10.1. The van der Waals surface area contributed by atoms with Crippen molar-refractivity contribution in [1.29, 1.82) is 0 Å². The van der Waals surface area contributed by atoms with Gasteiger partial charge in [0, 0.05) is 15.9 Å². The Morgan fingerprint density at radius 2 is 2.05 bits per heavy atom. The largest absolute Gasteiger partial charge is 0.416 e. The highest BCUT2D eigenvalue weighted by Crippen LogP contribution is 2.37. The molecule has 1 aliphatic heterocycles. The van der Waals surface area contributed by atoms with Crippen LogP contribution < -0.4 is 5.32 Å². The molecule has 2 aliphatic rings. The van der Waals surface area contributed by atoms with Gasteiger partial charge in [-0.3, -0.25) is 4.99 Å². The van der Waals surface area contributed by atoms with Crippen molar-refractivity contribution in [3.05, 3.63) is 28.2 Å². The van der Waals surface area contributed by atoms with Gasteiger partial charge in [-0.1, -0.05) is 34.1 Å². The lowest BCUT2D eigenvalue weighted by Crippen LogP contribution is -2.25. The van der Waals surface area contributed by atoms with E-state index in [0.29, 0.717) is 22.1 Å². The van der Waals surface area contributed by atoms with Gasteiger partial charge in [0.15, 0.2) is 5.17 Å². The van der Waals surface area contributed by atoms with Crippen molar-refractivity contribution >= 4 is 38.5 Å². The summed E-state index contributed by atoms with van der Waals surface area (Å²) < 4.78 is 38.9. The van der Waals surface area contributed by atoms with Gasteiger partial charge < -0.3 is 5.32 Å². The lowest BCUT2D eigenvalue weighted by molar-refractivity contribution is -0.137. The fourth-order valence-electron chi connectivity index (χ4n) is 2.77. The Morgan fingerprint density at radius 3 is 2.81 bits per heavy atom. The van der Waals surface area contributed by atoms with Gasteiger partial charge in [0.1, 0.15) is 0 Å². The van der Waals surface area contributed by atoms with Gasteiger partial charge in [-0.05, 0) is 37.0 Å². The standard InChI is InChI=1S/C14H14BrF3N2S/c15-10-4-9(14(16,17)18)5-11(6-10)19-13-20-12-3-1-2-8(12)7-21-13/h4-6,8,12H,1-3,7H2,(H,19,20). The molecule has 0 aromatic heterocycles. The third kappa shape index (κ3) is 3.56. The van der Waals surface area contributed by atoms with E-state index < -0.39 is 11.7 Å². The average Bonchev–Trinajstić information content (AvgIpc) is 2.84. The van der Waals surface area contributed by atoms with Gasteiger partial charge in [-0.25, -0.2) is 0 Å². The summed E-state index contributed by atoms with van der Waals surface area (Å²) >= 11 is 4.72. The van der Waals surface area contributed by atoms with Crippen molar-refractivity contribution in [2.45, 2.75) is 31.5 Å². The minimum atomic E-state index is -4.35.